The lowest BCUT2D eigenvalue weighted by Gasteiger charge is -2.07. The molecule has 1 aromatic carbocycles. The van der Waals surface area contributed by atoms with E-state index in [1.165, 1.54) is 0 Å². The lowest BCUT2D eigenvalue weighted by molar-refractivity contribution is 0.944. The number of pyridine rings is 1. The molecule has 0 bridgehead atoms. The predicted octanol–water partition coefficient (Wildman–Crippen LogP) is 3.34. The second kappa shape index (κ2) is 5.34. The van der Waals surface area contributed by atoms with Crippen LogP contribution in [0.15, 0.2) is 52.4 Å². The second-order valence-electron chi connectivity index (χ2n) is 3.18. The van der Waals surface area contributed by atoms with E-state index in [0.29, 0.717) is 6.54 Å². The quantitative estimate of drug-likeness (QED) is 0.908. The first-order valence-corrected chi connectivity index (χ1v) is 6.07. The largest absolute Gasteiger partial charge is 0.325 e. The summed E-state index contributed by atoms with van der Waals surface area (Å²) >= 11 is 7.69. The highest BCUT2D eigenvalue weighted by molar-refractivity contribution is 7.99. The Kier molecular flexibility index (Phi) is 3.83. The van der Waals surface area contributed by atoms with Crippen LogP contribution in [0.4, 0.5) is 0 Å². The number of rotatable bonds is 3. The first-order chi connectivity index (χ1) is 7.81. The molecule has 0 saturated carbocycles. The van der Waals surface area contributed by atoms with Gasteiger partial charge < -0.3 is 5.73 Å². The summed E-state index contributed by atoms with van der Waals surface area (Å²) in [7, 11) is 0. The molecule has 0 spiro atoms. The summed E-state index contributed by atoms with van der Waals surface area (Å²) in [6.07, 6.45) is 1.75. The minimum absolute atomic E-state index is 0.438. The molecule has 0 amide bonds. The Morgan fingerprint density at radius 1 is 1.12 bits per heavy atom. The van der Waals surface area contributed by atoms with Crippen LogP contribution in [0.25, 0.3) is 0 Å². The third kappa shape index (κ3) is 2.55. The Morgan fingerprint density at radius 3 is 2.62 bits per heavy atom. The molecule has 4 heteroatoms. The molecule has 0 radical (unpaired) electrons. The molecule has 82 valence electrons. The third-order valence-electron chi connectivity index (χ3n) is 2.10. The van der Waals surface area contributed by atoms with Crippen molar-refractivity contribution in [2.75, 3.05) is 0 Å². The standard InChI is InChI=1S/C12H11ClN2S/c13-9-4-1-2-5-11(9)16-12-6-3-7-15-10(12)8-14/h1-7H,8,14H2. The summed E-state index contributed by atoms with van der Waals surface area (Å²) in [6, 6.07) is 11.6. The van der Waals surface area contributed by atoms with Gasteiger partial charge in [-0.05, 0) is 24.3 Å². The van der Waals surface area contributed by atoms with Gasteiger partial charge in [0, 0.05) is 22.5 Å². The van der Waals surface area contributed by atoms with E-state index in [4.69, 9.17) is 17.3 Å². The van der Waals surface area contributed by atoms with Gasteiger partial charge in [0.25, 0.3) is 0 Å². The molecular weight excluding hydrogens is 240 g/mol. The molecule has 0 atom stereocenters. The minimum Gasteiger partial charge on any atom is -0.325 e. The third-order valence-corrected chi connectivity index (χ3v) is 3.71. The SMILES string of the molecule is NCc1ncccc1Sc1ccccc1Cl. The summed E-state index contributed by atoms with van der Waals surface area (Å²) in [4.78, 5) is 6.31. The summed E-state index contributed by atoms with van der Waals surface area (Å²) in [5.74, 6) is 0. The summed E-state index contributed by atoms with van der Waals surface area (Å²) in [5.41, 5.74) is 6.53. The van der Waals surface area contributed by atoms with E-state index < -0.39 is 0 Å². The highest BCUT2D eigenvalue weighted by Gasteiger charge is 2.05. The highest BCUT2D eigenvalue weighted by Crippen LogP contribution is 2.33. The van der Waals surface area contributed by atoms with Gasteiger partial charge in [-0.15, -0.1) is 0 Å². The van der Waals surface area contributed by atoms with Gasteiger partial charge in [-0.2, -0.15) is 0 Å². The molecule has 0 aliphatic carbocycles. The van der Waals surface area contributed by atoms with Gasteiger partial charge in [0.2, 0.25) is 0 Å². The van der Waals surface area contributed by atoms with Crippen LogP contribution in [-0.2, 0) is 6.54 Å². The molecule has 2 nitrogen and oxygen atoms in total. The normalized spacial score (nSPS) is 10.4. The van der Waals surface area contributed by atoms with Crippen molar-refractivity contribution in [1.29, 1.82) is 0 Å². The van der Waals surface area contributed by atoms with Crippen LogP contribution in [0.5, 0.6) is 0 Å². The second-order valence-corrected chi connectivity index (χ2v) is 4.68. The number of nitrogens with two attached hydrogens (primary N) is 1. The zero-order valence-electron chi connectivity index (χ0n) is 8.56. The van der Waals surface area contributed by atoms with Crippen molar-refractivity contribution in [1.82, 2.24) is 4.98 Å². The van der Waals surface area contributed by atoms with Gasteiger partial charge in [0.15, 0.2) is 0 Å². The molecule has 0 aliphatic rings. The highest BCUT2D eigenvalue weighted by atomic mass is 35.5. The van der Waals surface area contributed by atoms with Crippen molar-refractivity contribution in [2.45, 2.75) is 16.3 Å². The number of aromatic nitrogens is 1. The maximum Gasteiger partial charge on any atom is 0.0678 e. The van der Waals surface area contributed by atoms with E-state index in [1.54, 1.807) is 18.0 Å². The molecule has 1 heterocycles. The summed E-state index contributed by atoms with van der Waals surface area (Å²) in [6.45, 7) is 0.438. The number of hydrogen-bond acceptors (Lipinski definition) is 3. The van der Waals surface area contributed by atoms with Crippen LogP contribution in [-0.4, -0.2) is 4.98 Å². The molecule has 0 aliphatic heterocycles. The van der Waals surface area contributed by atoms with Crippen LogP contribution in [0.1, 0.15) is 5.69 Å². The zero-order chi connectivity index (χ0) is 11.4. The van der Waals surface area contributed by atoms with Crippen LogP contribution < -0.4 is 5.73 Å². The van der Waals surface area contributed by atoms with Gasteiger partial charge in [-0.3, -0.25) is 4.98 Å². The fourth-order valence-corrected chi connectivity index (χ4v) is 2.52. The molecule has 0 saturated heterocycles. The Hall–Kier alpha value is -1.03. The van der Waals surface area contributed by atoms with Gasteiger partial charge >= 0.3 is 0 Å². The maximum absolute atomic E-state index is 6.10. The van der Waals surface area contributed by atoms with Crippen molar-refractivity contribution in [3.63, 3.8) is 0 Å². The molecule has 0 unspecified atom stereocenters. The van der Waals surface area contributed by atoms with Gasteiger partial charge in [0.05, 0.1) is 10.7 Å². The van der Waals surface area contributed by atoms with E-state index in [-0.39, 0.29) is 0 Å². The van der Waals surface area contributed by atoms with Crippen LogP contribution >= 0.6 is 23.4 Å². The van der Waals surface area contributed by atoms with E-state index in [9.17, 15) is 0 Å². The van der Waals surface area contributed by atoms with E-state index in [0.717, 1.165) is 20.5 Å². The minimum atomic E-state index is 0.438. The van der Waals surface area contributed by atoms with Gasteiger partial charge in [-0.1, -0.05) is 35.5 Å². The molecule has 16 heavy (non-hydrogen) atoms. The average molecular weight is 251 g/mol. The van der Waals surface area contributed by atoms with Gasteiger partial charge in [-0.25, -0.2) is 0 Å². The van der Waals surface area contributed by atoms with Crippen molar-refractivity contribution in [2.24, 2.45) is 5.73 Å². The van der Waals surface area contributed by atoms with Crippen LogP contribution in [0.3, 0.4) is 0 Å². The summed E-state index contributed by atoms with van der Waals surface area (Å²) in [5, 5.41) is 0.749. The molecule has 2 rings (SSSR count). The van der Waals surface area contributed by atoms with Gasteiger partial charge in [0.1, 0.15) is 0 Å². The molecular formula is C12H11ClN2S. The first kappa shape index (κ1) is 11.5. The number of halogens is 1. The van der Waals surface area contributed by atoms with Crippen molar-refractivity contribution in [3.05, 3.63) is 53.3 Å². The Balaban J connectivity index is 2.30. The number of hydrogen-bond donors (Lipinski definition) is 1. The maximum atomic E-state index is 6.10. The van der Waals surface area contributed by atoms with Crippen molar-refractivity contribution < 1.29 is 0 Å². The number of benzene rings is 1. The Bertz CT molecular complexity index is 488. The zero-order valence-corrected chi connectivity index (χ0v) is 10.1. The predicted molar refractivity (Wildman–Crippen MR) is 67.7 cm³/mol. The fraction of sp³-hybridized carbons (Fsp3) is 0.0833. The lowest BCUT2D eigenvalue weighted by Crippen LogP contribution is -2.00. The Morgan fingerprint density at radius 2 is 1.88 bits per heavy atom. The van der Waals surface area contributed by atoms with Crippen molar-refractivity contribution in [3.8, 4) is 0 Å². The van der Waals surface area contributed by atoms with E-state index >= 15 is 0 Å². The van der Waals surface area contributed by atoms with Crippen LogP contribution in [0, 0.1) is 0 Å². The van der Waals surface area contributed by atoms with Crippen molar-refractivity contribution >= 4 is 23.4 Å². The summed E-state index contributed by atoms with van der Waals surface area (Å²) < 4.78 is 0. The lowest BCUT2D eigenvalue weighted by atomic mass is 10.3. The first-order valence-electron chi connectivity index (χ1n) is 4.87. The molecule has 2 aromatic rings. The average Bonchev–Trinajstić information content (AvgIpc) is 2.33. The Labute approximate surface area is 104 Å². The number of nitrogens with zero attached hydrogens (tertiary/aromatic N) is 1. The smallest absolute Gasteiger partial charge is 0.0678 e. The van der Waals surface area contributed by atoms with Crippen LogP contribution in [0.2, 0.25) is 5.02 Å². The van der Waals surface area contributed by atoms with E-state index in [2.05, 4.69) is 4.98 Å². The topological polar surface area (TPSA) is 38.9 Å². The van der Waals surface area contributed by atoms with E-state index in [1.807, 2.05) is 36.4 Å². The fourth-order valence-electron chi connectivity index (χ4n) is 1.32. The molecule has 1 aromatic heterocycles. The molecule has 0 fully saturated rings. The molecule has 2 N–H and O–H groups in total. The monoisotopic (exact) mass is 250 g/mol.